The van der Waals surface area contributed by atoms with Crippen LogP contribution in [0.15, 0.2) is 107 Å². The molecular weight excluding hydrogens is 544 g/mol. The summed E-state index contributed by atoms with van der Waals surface area (Å²) < 4.78 is 12.6. The van der Waals surface area contributed by atoms with Crippen molar-refractivity contribution in [1.29, 1.82) is 0 Å². The molecular formula is C40H56O4. The molecule has 1 saturated carbocycles. The molecule has 3 heterocycles. The molecule has 0 aromatic heterocycles. The topological polar surface area (TPSA) is 62.2 Å². The Morgan fingerprint density at radius 2 is 1.05 bits per heavy atom. The fourth-order valence-corrected chi connectivity index (χ4v) is 8.11. The van der Waals surface area contributed by atoms with Crippen LogP contribution in [0.1, 0.15) is 94.9 Å². The van der Waals surface area contributed by atoms with Crippen molar-refractivity contribution < 1.29 is 19.7 Å². The smallest absolute Gasteiger partial charge is 0.121 e. The van der Waals surface area contributed by atoms with Crippen molar-refractivity contribution in [2.45, 2.75) is 130 Å². The molecule has 44 heavy (non-hydrogen) atoms. The lowest BCUT2D eigenvalue weighted by Gasteiger charge is -2.46. The number of epoxide rings is 1. The van der Waals surface area contributed by atoms with E-state index in [1.807, 2.05) is 6.92 Å². The molecule has 4 heteroatoms. The van der Waals surface area contributed by atoms with Crippen LogP contribution in [0.5, 0.6) is 0 Å². The van der Waals surface area contributed by atoms with E-state index in [4.69, 9.17) is 9.47 Å². The van der Waals surface area contributed by atoms with Gasteiger partial charge in [0, 0.05) is 23.7 Å². The predicted octanol–water partition coefficient (Wildman–Crippen LogP) is 8.97. The second kappa shape index (κ2) is 12.4. The Labute approximate surface area is 267 Å². The molecule has 4 nitrogen and oxygen atoms in total. The number of allylic oxidation sites excluding steroid dienone is 16. The number of aliphatic hydroxyl groups is 2. The lowest BCUT2D eigenvalue weighted by Crippen LogP contribution is -2.56. The molecule has 0 spiro atoms. The molecule has 4 rings (SSSR count). The summed E-state index contributed by atoms with van der Waals surface area (Å²) in [5, 5.41) is 21.3. The van der Waals surface area contributed by atoms with E-state index in [2.05, 4.69) is 147 Å². The van der Waals surface area contributed by atoms with Crippen molar-refractivity contribution in [3.63, 3.8) is 0 Å². The number of hydrogen-bond donors (Lipinski definition) is 2. The molecule has 0 aromatic rings. The van der Waals surface area contributed by atoms with E-state index in [1.54, 1.807) is 0 Å². The molecule has 2 N–H and O–H groups in total. The number of ether oxygens (including phenoxy) is 2. The maximum absolute atomic E-state index is 11.1. The van der Waals surface area contributed by atoms with Gasteiger partial charge in [-0.3, -0.25) is 0 Å². The molecule has 2 bridgehead atoms. The van der Waals surface area contributed by atoms with Gasteiger partial charge < -0.3 is 19.7 Å². The second-order valence-corrected chi connectivity index (χ2v) is 15.5. The van der Waals surface area contributed by atoms with E-state index in [0.29, 0.717) is 12.8 Å². The van der Waals surface area contributed by atoms with E-state index in [-0.39, 0.29) is 34.2 Å². The summed E-state index contributed by atoms with van der Waals surface area (Å²) in [4.78, 5) is 0. The lowest BCUT2D eigenvalue weighted by molar-refractivity contribution is -0.115. The first-order valence-electron chi connectivity index (χ1n) is 16.3. The molecule has 4 aliphatic rings. The fraction of sp³-hybridized carbons (Fsp3) is 0.550. The van der Waals surface area contributed by atoms with Gasteiger partial charge in [0.05, 0.1) is 17.8 Å². The summed E-state index contributed by atoms with van der Waals surface area (Å²) in [7, 11) is 0. The maximum atomic E-state index is 11.1. The quantitative estimate of drug-likeness (QED) is 0.194. The van der Waals surface area contributed by atoms with Crippen molar-refractivity contribution in [3.8, 4) is 0 Å². The lowest BCUT2D eigenvalue weighted by atomic mass is 9.61. The highest BCUT2D eigenvalue weighted by Gasteiger charge is 2.74. The molecule has 1 aliphatic carbocycles. The van der Waals surface area contributed by atoms with Crippen LogP contribution in [0.4, 0.5) is 0 Å². The second-order valence-electron chi connectivity index (χ2n) is 15.5. The zero-order valence-electron chi connectivity index (χ0n) is 28.8. The van der Waals surface area contributed by atoms with Crippen LogP contribution < -0.4 is 0 Å². The maximum Gasteiger partial charge on any atom is 0.121 e. The normalized spacial score (nSPS) is 39.2. The van der Waals surface area contributed by atoms with Crippen molar-refractivity contribution >= 4 is 0 Å². The monoisotopic (exact) mass is 600 g/mol. The standard InChI is InChI=1S/C40H56O4/c1-29(17-13-19-31(3)21-23-39-36(7,8)27-34(43-39)28-37(39,9)42)15-11-12-16-30(2)18-14-20-32(4)22-24-40-35(5,6)25-33(41)26-38(40,10)44-40/h11-24,33-34,41-42H,25-28H2,1-10H3/b12-11+,17-13+,18-14+,23-21+,24-22+,29-15+,30-16+,31-19+,32-20+/t33-,34-,37+,38+,39-,40-/m0/s1. The summed E-state index contributed by atoms with van der Waals surface area (Å²) in [6.07, 6.45) is 32.4. The number of rotatable bonds is 10. The molecule has 6 atom stereocenters. The number of hydrogen-bond acceptors (Lipinski definition) is 4. The van der Waals surface area contributed by atoms with Gasteiger partial charge >= 0.3 is 0 Å². The third-order valence-electron chi connectivity index (χ3n) is 10.5. The van der Waals surface area contributed by atoms with Crippen molar-refractivity contribution in [2.75, 3.05) is 0 Å². The van der Waals surface area contributed by atoms with E-state index in [1.165, 1.54) is 11.1 Å². The summed E-state index contributed by atoms with van der Waals surface area (Å²) in [6, 6.07) is 0. The molecule has 240 valence electrons. The zero-order valence-corrected chi connectivity index (χ0v) is 28.8. The van der Waals surface area contributed by atoms with E-state index in [9.17, 15) is 10.2 Å². The third-order valence-corrected chi connectivity index (χ3v) is 10.5. The molecule has 4 fully saturated rings. The van der Waals surface area contributed by atoms with Crippen molar-refractivity contribution in [1.82, 2.24) is 0 Å². The van der Waals surface area contributed by atoms with Crippen LogP contribution in [0, 0.1) is 10.8 Å². The summed E-state index contributed by atoms with van der Waals surface area (Å²) in [5.41, 5.74) is 2.37. The third kappa shape index (κ3) is 6.70. The van der Waals surface area contributed by atoms with Gasteiger partial charge in [-0.25, -0.2) is 0 Å². The van der Waals surface area contributed by atoms with Crippen molar-refractivity contribution in [2.24, 2.45) is 10.8 Å². The van der Waals surface area contributed by atoms with E-state index >= 15 is 0 Å². The molecule has 0 aromatic carbocycles. The van der Waals surface area contributed by atoms with Gasteiger partial charge in [0.2, 0.25) is 0 Å². The van der Waals surface area contributed by atoms with E-state index < -0.39 is 11.2 Å². The van der Waals surface area contributed by atoms with E-state index in [0.717, 1.165) is 24.0 Å². The molecule has 0 amide bonds. The highest BCUT2D eigenvalue weighted by atomic mass is 16.6. The predicted molar refractivity (Wildman–Crippen MR) is 183 cm³/mol. The summed E-state index contributed by atoms with van der Waals surface area (Å²) in [6.45, 7) is 21.2. The minimum atomic E-state index is -0.847. The average molecular weight is 601 g/mol. The van der Waals surface area contributed by atoms with Gasteiger partial charge in [0.1, 0.15) is 16.8 Å². The Balaban J connectivity index is 1.27. The van der Waals surface area contributed by atoms with Gasteiger partial charge in [-0.05, 0) is 66.5 Å². The Bertz CT molecular complexity index is 1350. The first kappa shape index (κ1) is 34.4. The zero-order chi connectivity index (χ0) is 32.6. The SMILES string of the molecule is CC(/C=C/C=C(C)/C=C/[C@@]12O[C@]1(C)C[C@@H](O)CC2(C)C)=C\C=C\C=C(C)\C=C\C=C(C)\C=C\[C@]12O[C@@H](CC1(C)C)C[C@@]2(C)O. The van der Waals surface area contributed by atoms with Gasteiger partial charge in [-0.15, -0.1) is 0 Å². The first-order valence-corrected chi connectivity index (χ1v) is 16.3. The average Bonchev–Trinajstić information content (AvgIpc) is 3.30. The van der Waals surface area contributed by atoms with Crippen LogP contribution in [-0.4, -0.2) is 44.8 Å². The van der Waals surface area contributed by atoms with Gasteiger partial charge in [0.15, 0.2) is 0 Å². The van der Waals surface area contributed by atoms with Crippen molar-refractivity contribution in [3.05, 3.63) is 107 Å². The number of aliphatic hydroxyl groups excluding tert-OH is 1. The minimum Gasteiger partial charge on any atom is -0.393 e. The van der Waals surface area contributed by atoms with Crippen LogP contribution >= 0.6 is 0 Å². The van der Waals surface area contributed by atoms with Crippen LogP contribution in [0.3, 0.4) is 0 Å². The summed E-state index contributed by atoms with van der Waals surface area (Å²) in [5.74, 6) is 0. The molecule has 3 saturated heterocycles. The largest absolute Gasteiger partial charge is 0.393 e. The Morgan fingerprint density at radius 1 is 0.591 bits per heavy atom. The molecule has 3 aliphatic heterocycles. The Morgan fingerprint density at radius 3 is 1.52 bits per heavy atom. The fourth-order valence-electron chi connectivity index (χ4n) is 8.11. The molecule has 0 unspecified atom stereocenters. The first-order chi connectivity index (χ1) is 20.4. The van der Waals surface area contributed by atoms with Gasteiger partial charge in [-0.2, -0.15) is 0 Å². The molecule has 0 radical (unpaired) electrons. The Kier molecular flexibility index (Phi) is 9.66. The highest BCUT2D eigenvalue weighted by Crippen LogP contribution is 2.66. The number of fused-ring (bicyclic) bond motifs is 3. The summed E-state index contributed by atoms with van der Waals surface area (Å²) >= 11 is 0. The highest BCUT2D eigenvalue weighted by molar-refractivity contribution is 5.37. The van der Waals surface area contributed by atoms with Crippen LogP contribution in [0.2, 0.25) is 0 Å². The van der Waals surface area contributed by atoms with Crippen LogP contribution in [-0.2, 0) is 9.47 Å². The minimum absolute atomic E-state index is 0.0969. The Hall–Kier alpha value is -2.50. The van der Waals surface area contributed by atoms with Gasteiger partial charge in [0.25, 0.3) is 0 Å². The van der Waals surface area contributed by atoms with Crippen LogP contribution in [0.25, 0.3) is 0 Å². The van der Waals surface area contributed by atoms with Gasteiger partial charge in [-0.1, -0.05) is 123 Å².